The van der Waals surface area contributed by atoms with Crippen LogP contribution in [-0.2, 0) is 19.0 Å². The number of ether oxygens (including phenoxy) is 3. The van der Waals surface area contributed by atoms with Crippen molar-refractivity contribution in [3.63, 3.8) is 0 Å². The number of methoxy groups -OCH3 is 1. The van der Waals surface area contributed by atoms with Crippen LogP contribution in [0.2, 0.25) is 0 Å². The van der Waals surface area contributed by atoms with Gasteiger partial charge in [-0.15, -0.1) is 0 Å². The lowest BCUT2D eigenvalue weighted by Gasteiger charge is -2.34. The summed E-state index contributed by atoms with van der Waals surface area (Å²) in [5.74, 6) is -0.471. The number of carbonyl (C=O) groups is 1. The number of aliphatic hydroxyl groups excluding tert-OH is 1. The smallest absolute Gasteiger partial charge is 0.325 e. The Bertz CT molecular complexity index is 283. The van der Waals surface area contributed by atoms with Crippen molar-refractivity contribution in [2.45, 2.75) is 45.6 Å². The van der Waals surface area contributed by atoms with Crippen LogP contribution < -0.4 is 5.32 Å². The first-order valence-corrected chi connectivity index (χ1v) is 6.58. The molecular formula is C13H25NO5. The van der Waals surface area contributed by atoms with Gasteiger partial charge in [0.1, 0.15) is 6.04 Å². The Morgan fingerprint density at radius 1 is 1.47 bits per heavy atom. The highest BCUT2D eigenvalue weighted by molar-refractivity contribution is 5.76. The Morgan fingerprint density at radius 3 is 2.53 bits per heavy atom. The molecule has 0 bridgehead atoms. The molecule has 6 heteroatoms. The predicted molar refractivity (Wildman–Crippen MR) is 69.6 cm³/mol. The highest BCUT2D eigenvalue weighted by Gasteiger charge is 2.29. The molecule has 0 aromatic heterocycles. The predicted octanol–water partition coefficient (Wildman–Crippen LogP) is 0.288. The molecule has 0 spiro atoms. The average molecular weight is 275 g/mol. The Morgan fingerprint density at radius 2 is 2.05 bits per heavy atom. The van der Waals surface area contributed by atoms with E-state index in [1.165, 1.54) is 7.11 Å². The Kier molecular flexibility index (Phi) is 6.19. The maximum absolute atomic E-state index is 11.4. The molecule has 1 saturated heterocycles. The maximum Gasteiger partial charge on any atom is 0.325 e. The number of rotatable bonds is 6. The van der Waals surface area contributed by atoms with E-state index in [2.05, 4.69) is 23.9 Å². The van der Waals surface area contributed by atoms with Crippen LogP contribution in [0, 0.1) is 5.41 Å². The van der Waals surface area contributed by atoms with E-state index in [-0.39, 0.29) is 11.7 Å². The second-order valence-electron chi connectivity index (χ2n) is 5.70. The molecule has 1 rings (SSSR count). The van der Waals surface area contributed by atoms with E-state index in [0.29, 0.717) is 26.2 Å². The lowest BCUT2D eigenvalue weighted by atomic mass is 9.95. The van der Waals surface area contributed by atoms with Crippen molar-refractivity contribution < 1.29 is 24.1 Å². The molecule has 19 heavy (non-hydrogen) atoms. The molecule has 2 atom stereocenters. The monoisotopic (exact) mass is 275 g/mol. The maximum atomic E-state index is 11.4. The molecule has 0 aliphatic carbocycles. The van der Waals surface area contributed by atoms with Crippen molar-refractivity contribution >= 4 is 5.97 Å². The number of hydrogen-bond donors (Lipinski definition) is 2. The molecule has 6 nitrogen and oxygen atoms in total. The van der Waals surface area contributed by atoms with E-state index in [1.807, 2.05) is 0 Å². The average Bonchev–Trinajstić information content (AvgIpc) is 2.35. The third-order valence-electron chi connectivity index (χ3n) is 3.00. The molecule has 0 saturated carbocycles. The van der Waals surface area contributed by atoms with E-state index in [4.69, 9.17) is 9.47 Å². The van der Waals surface area contributed by atoms with Crippen molar-refractivity contribution in [2.24, 2.45) is 5.41 Å². The summed E-state index contributed by atoms with van der Waals surface area (Å²) in [5.41, 5.74) is 0.0537. The number of nitrogens with one attached hydrogen (secondary N) is 1. The Labute approximate surface area is 114 Å². The van der Waals surface area contributed by atoms with Crippen LogP contribution in [0.15, 0.2) is 0 Å². The SMILES string of the molecule is COC(=O)[C@@H](NCCC1OCC(C)(C)CO1)[C@@H](C)O. The van der Waals surface area contributed by atoms with Gasteiger partial charge in [0, 0.05) is 18.4 Å². The molecule has 1 heterocycles. The van der Waals surface area contributed by atoms with Crippen LogP contribution in [-0.4, -0.2) is 56.4 Å². The zero-order valence-corrected chi connectivity index (χ0v) is 12.1. The summed E-state index contributed by atoms with van der Waals surface area (Å²) >= 11 is 0. The van der Waals surface area contributed by atoms with Crippen LogP contribution in [0.5, 0.6) is 0 Å². The second kappa shape index (κ2) is 7.19. The summed E-state index contributed by atoms with van der Waals surface area (Å²) in [6, 6.07) is -0.718. The highest BCUT2D eigenvalue weighted by Crippen LogP contribution is 2.23. The fraction of sp³-hybridized carbons (Fsp3) is 0.923. The van der Waals surface area contributed by atoms with Crippen molar-refractivity contribution in [1.29, 1.82) is 0 Å². The molecule has 0 amide bonds. The molecule has 1 aliphatic rings. The lowest BCUT2D eigenvalue weighted by molar-refractivity contribution is -0.223. The minimum atomic E-state index is -0.806. The minimum absolute atomic E-state index is 0.0537. The first-order valence-electron chi connectivity index (χ1n) is 6.58. The minimum Gasteiger partial charge on any atom is -0.468 e. The fourth-order valence-electron chi connectivity index (χ4n) is 1.83. The summed E-state index contributed by atoms with van der Waals surface area (Å²) in [4.78, 5) is 11.4. The molecule has 2 N–H and O–H groups in total. The van der Waals surface area contributed by atoms with Gasteiger partial charge >= 0.3 is 5.97 Å². The Hall–Kier alpha value is -0.690. The summed E-state index contributed by atoms with van der Waals surface area (Å²) in [6.45, 7) is 7.55. The van der Waals surface area contributed by atoms with Gasteiger partial charge in [-0.1, -0.05) is 13.8 Å². The molecular weight excluding hydrogens is 250 g/mol. The molecule has 1 aliphatic heterocycles. The van der Waals surface area contributed by atoms with Gasteiger partial charge < -0.3 is 24.6 Å². The number of hydrogen-bond acceptors (Lipinski definition) is 6. The zero-order chi connectivity index (χ0) is 14.5. The van der Waals surface area contributed by atoms with Crippen LogP contribution in [0.25, 0.3) is 0 Å². The van der Waals surface area contributed by atoms with Crippen molar-refractivity contribution in [3.8, 4) is 0 Å². The third kappa shape index (κ3) is 5.44. The number of carbonyl (C=O) groups excluding carboxylic acids is 1. The van der Waals surface area contributed by atoms with E-state index in [9.17, 15) is 9.90 Å². The largest absolute Gasteiger partial charge is 0.468 e. The van der Waals surface area contributed by atoms with Gasteiger partial charge in [0.2, 0.25) is 0 Å². The summed E-state index contributed by atoms with van der Waals surface area (Å²) in [6.07, 6.45) is -0.441. The molecule has 0 aromatic carbocycles. The topological polar surface area (TPSA) is 77.0 Å². The summed E-state index contributed by atoms with van der Waals surface area (Å²) in [7, 11) is 1.30. The van der Waals surface area contributed by atoms with Crippen molar-refractivity contribution in [2.75, 3.05) is 26.9 Å². The number of aliphatic hydroxyl groups is 1. The van der Waals surface area contributed by atoms with E-state index < -0.39 is 18.1 Å². The molecule has 0 unspecified atom stereocenters. The third-order valence-corrected chi connectivity index (χ3v) is 3.00. The summed E-state index contributed by atoms with van der Waals surface area (Å²) < 4.78 is 15.8. The van der Waals surface area contributed by atoms with Gasteiger partial charge in [-0.3, -0.25) is 4.79 Å². The quantitative estimate of drug-likeness (QED) is 0.678. The zero-order valence-electron chi connectivity index (χ0n) is 12.1. The molecule has 0 radical (unpaired) electrons. The van der Waals surface area contributed by atoms with Gasteiger partial charge in [0.15, 0.2) is 6.29 Å². The van der Waals surface area contributed by atoms with Gasteiger partial charge in [0.25, 0.3) is 0 Å². The van der Waals surface area contributed by atoms with Crippen molar-refractivity contribution in [3.05, 3.63) is 0 Å². The normalized spacial score (nSPS) is 22.8. The molecule has 0 aromatic rings. The standard InChI is InChI=1S/C13H25NO5/c1-9(15)11(12(16)17-4)14-6-5-10-18-7-13(2,3)8-19-10/h9-11,14-15H,5-8H2,1-4H3/t9-,11+/m1/s1. The molecule has 112 valence electrons. The van der Waals surface area contributed by atoms with Crippen LogP contribution in [0.1, 0.15) is 27.2 Å². The van der Waals surface area contributed by atoms with Crippen molar-refractivity contribution in [1.82, 2.24) is 5.32 Å². The van der Waals surface area contributed by atoms with Gasteiger partial charge in [-0.25, -0.2) is 0 Å². The Balaban J connectivity index is 2.27. The lowest BCUT2D eigenvalue weighted by Crippen LogP contribution is -2.47. The van der Waals surface area contributed by atoms with E-state index in [0.717, 1.165) is 0 Å². The van der Waals surface area contributed by atoms with Crippen LogP contribution in [0.4, 0.5) is 0 Å². The van der Waals surface area contributed by atoms with Gasteiger partial charge in [-0.2, -0.15) is 0 Å². The molecule has 1 fully saturated rings. The van der Waals surface area contributed by atoms with Crippen LogP contribution >= 0.6 is 0 Å². The first-order chi connectivity index (χ1) is 8.85. The summed E-state index contributed by atoms with van der Waals surface area (Å²) in [5, 5.41) is 12.4. The second-order valence-corrected chi connectivity index (χ2v) is 5.70. The first kappa shape index (κ1) is 16.4. The van der Waals surface area contributed by atoms with Gasteiger partial charge in [-0.05, 0) is 6.92 Å². The number of esters is 1. The van der Waals surface area contributed by atoms with Crippen LogP contribution in [0.3, 0.4) is 0 Å². The van der Waals surface area contributed by atoms with E-state index in [1.54, 1.807) is 6.92 Å². The highest BCUT2D eigenvalue weighted by atomic mass is 16.7. The van der Waals surface area contributed by atoms with Gasteiger partial charge in [0.05, 0.1) is 26.4 Å². The fourth-order valence-corrected chi connectivity index (χ4v) is 1.83. The van der Waals surface area contributed by atoms with E-state index >= 15 is 0 Å².